The number of nitrogens with one attached hydrogen (secondary N) is 1. The zero-order chi connectivity index (χ0) is 20.2. The van der Waals surface area contributed by atoms with Gasteiger partial charge in [0.2, 0.25) is 11.8 Å². The van der Waals surface area contributed by atoms with E-state index in [-0.39, 0.29) is 42.5 Å². The molecule has 1 aliphatic carbocycles. The molecule has 0 aromatic rings. The van der Waals surface area contributed by atoms with Crippen molar-refractivity contribution < 1.29 is 23.9 Å². The highest BCUT2D eigenvalue weighted by Crippen LogP contribution is 2.34. The molecule has 2 rings (SSSR count). The zero-order valence-corrected chi connectivity index (χ0v) is 15.9. The molecule has 0 aromatic heterocycles. The second kappa shape index (κ2) is 8.33. The summed E-state index contributed by atoms with van der Waals surface area (Å²) in [4.78, 5) is 49.5. The molecule has 0 bridgehead atoms. The zero-order valence-electron chi connectivity index (χ0n) is 15.9. The van der Waals surface area contributed by atoms with Crippen LogP contribution in [0.3, 0.4) is 0 Å². The lowest BCUT2D eigenvalue weighted by Crippen LogP contribution is -2.50. The Bertz CT molecular complexity index is 683. The van der Waals surface area contributed by atoms with Crippen LogP contribution in [-0.4, -0.2) is 47.3 Å². The minimum absolute atomic E-state index is 0.0486. The quantitative estimate of drug-likeness (QED) is 0.402. The fourth-order valence-electron chi connectivity index (χ4n) is 3.14. The summed E-state index contributed by atoms with van der Waals surface area (Å²) in [5.41, 5.74) is -1.05. The van der Waals surface area contributed by atoms with Gasteiger partial charge in [0.1, 0.15) is 5.54 Å². The van der Waals surface area contributed by atoms with E-state index < -0.39 is 24.0 Å². The molecule has 3 amide bonds. The Labute approximate surface area is 158 Å². The van der Waals surface area contributed by atoms with Crippen molar-refractivity contribution in [3.05, 3.63) is 12.2 Å². The molecule has 8 heteroatoms. The summed E-state index contributed by atoms with van der Waals surface area (Å²) in [6, 6.07) is 2.03. The van der Waals surface area contributed by atoms with Crippen molar-refractivity contribution in [3.63, 3.8) is 0 Å². The van der Waals surface area contributed by atoms with Crippen molar-refractivity contribution in [2.75, 3.05) is 13.2 Å². The lowest BCUT2D eigenvalue weighted by atomic mass is 9.85. The second-order valence-electron chi connectivity index (χ2n) is 7.41. The number of hydrogen-bond donors (Lipinski definition) is 1. The minimum Gasteiger partial charge on any atom is -0.456 e. The first-order valence-corrected chi connectivity index (χ1v) is 9.07. The van der Waals surface area contributed by atoms with E-state index in [1.807, 2.05) is 18.2 Å². The predicted molar refractivity (Wildman–Crippen MR) is 94.6 cm³/mol. The second-order valence-corrected chi connectivity index (χ2v) is 7.41. The van der Waals surface area contributed by atoms with Crippen LogP contribution in [0.15, 0.2) is 12.2 Å². The molecule has 1 heterocycles. The number of hydrogen-bond acceptors (Lipinski definition) is 6. The number of likely N-dealkylation sites (tertiary alicyclic amines) is 1. The van der Waals surface area contributed by atoms with Gasteiger partial charge >= 0.3 is 5.97 Å². The Balaban J connectivity index is 1.78. The third kappa shape index (κ3) is 4.54. The van der Waals surface area contributed by atoms with Gasteiger partial charge in [0, 0.05) is 6.54 Å². The maximum Gasteiger partial charge on any atom is 0.308 e. The van der Waals surface area contributed by atoms with Crippen LogP contribution < -0.4 is 5.32 Å². The molecule has 3 atom stereocenters. The summed E-state index contributed by atoms with van der Waals surface area (Å²) in [5, 5.41) is 11.7. The maximum atomic E-state index is 12.3. The fraction of sp³-hybridized carbons (Fsp3) is 0.632. The van der Waals surface area contributed by atoms with Gasteiger partial charge in [-0.3, -0.25) is 24.1 Å². The van der Waals surface area contributed by atoms with E-state index in [1.165, 1.54) is 0 Å². The van der Waals surface area contributed by atoms with Crippen LogP contribution >= 0.6 is 0 Å². The number of nitriles is 1. The van der Waals surface area contributed by atoms with Gasteiger partial charge in [-0.2, -0.15) is 5.26 Å². The lowest BCUT2D eigenvalue weighted by Gasteiger charge is -2.27. The number of allylic oxidation sites excluding steroid dienone is 2. The summed E-state index contributed by atoms with van der Waals surface area (Å²) in [6.45, 7) is 4.63. The molecule has 1 aliphatic heterocycles. The number of ether oxygens (including phenoxy) is 1. The van der Waals surface area contributed by atoms with E-state index >= 15 is 0 Å². The van der Waals surface area contributed by atoms with E-state index in [9.17, 15) is 24.4 Å². The third-order valence-corrected chi connectivity index (χ3v) is 5.29. The Morgan fingerprint density at radius 2 is 1.85 bits per heavy atom. The molecule has 0 saturated carbocycles. The highest BCUT2D eigenvalue weighted by Gasteiger charge is 2.47. The first-order chi connectivity index (χ1) is 12.7. The van der Waals surface area contributed by atoms with Crippen LogP contribution in [0.25, 0.3) is 0 Å². The summed E-state index contributed by atoms with van der Waals surface area (Å²) in [7, 11) is 0. The highest BCUT2D eigenvalue weighted by atomic mass is 16.5. The van der Waals surface area contributed by atoms with E-state index in [0.717, 1.165) is 4.90 Å². The minimum atomic E-state index is -1.05. The van der Waals surface area contributed by atoms with Crippen molar-refractivity contribution in [1.29, 1.82) is 5.26 Å². The molecule has 27 heavy (non-hydrogen) atoms. The van der Waals surface area contributed by atoms with Crippen molar-refractivity contribution in [2.45, 2.75) is 45.6 Å². The number of esters is 1. The van der Waals surface area contributed by atoms with Crippen LogP contribution in [0, 0.1) is 29.1 Å². The molecule has 1 N–H and O–H groups in total. The van der Waals surface area contributed by atoms with Crippen LogP contribution in [0.4, 0.5) is 0 Å². The number of carbonyl (C=O) groups excluding carboxylic acids is 4. The Hall–Kier alpha value is -2.69. The summed E-state index contributed by atoms with van der Waals surface area (Å²) >= 11 is 0. The smallest absolute Gasteiger partial charge is 0.308 e. The number of fused-ring (bicyclic) bond motifs is 1. The number of rotatable bonds is 7. The van der Waals surface area contributed by atoms with Gasteiger partial charge in [0.05, 0.1) is 24.3 Å². The van der Waals surface area contributed by atoms with Crippen LogP contribution in [-0.2, 0) is 23.9 Å². The first kappa shape index (κ1) is 20.6. The molecular formula is C19H25N3O5. The number of nitrogens with zero attached hydrogens (tertiary/aromatic N) is 2. The van der Waals surface area contributed by atoms with Crippen molar-refractivity contribution >= 4 is 23.7 Å². The van der Waals surface area contributed by atoms with Crippen LogP contribution in [0.5, 0.6) is 0 Å². The molecule has 8 nitrogen and oxygen atoms in total. The first-order valence-electron chi connectivity index (χ1n) is 9.07. The molecule has 0 aromatic carbocycles. The lowest BCUT2D eigenvalue weighted by molar-refractivity contribution is -0.150. The van der Waals surface area contributed by atoms with E-state index in [4.69, 9.17) is 4.74 Å². The molecule has 1 saturated heterocycles. The van der Waals surface area contributed by atoms with Gasteiger partial charge in [-0.05, 0) is 25.7 Å². The average molecular weight is 375 g/mol. The average Bonchev–Trinajstić information content (AvgIpc) is 2.89. The summed E-state index contributed by atoms with van der Waals surface area (Å²) < 4.78 is 4.90. The van der Waals surface area contributed by atoms with Gasteiger partial charge in [-0.25, -0.2) is 0 Å². The van der Waals surface area contributed by atoms with Crippen molar-refractivity contribution in [1.82, 2.24) is 10.2 Å². The molecule has 0 unspecified atom stereocenters. The van der Waals surface area contributed by atoms with Gasteiger partial charge in [-0.1, -0.05) is 26.0 Å². The highest BCUT2D eigenvalue weighted by molar-refractivity contribution is 6.05. The summed E-state index contributed by atoms with van der Waals surface area (Å²) in [6.07, 6.45) is 4.72. The van der Waals surface area contributed by atoms with E-state index in [0.29, 0.717) is 12.8 Å². The monoisotopic (exact) mass is 375 g/mol. The van der Waals surface area contributed by atoms with Crippen LogP contribution in [0.1, 0.15) is 40.0 Å². The molecule has 1 fully saturated rings. The maximum absolute atomic E-state index is 12.3. The number of carbonyl (C=O) groups is 4. The van der Waals surface area contributed by atoms with Crippen molar-refractivity contribution in [3.8, 4) is 6.07 Å². The van der Waals surface area contributed by atoms with Gasteiger partial charge < -0.3 is 10.1 Å². The van der Waals surface area contributed by atoms with E-state index in [1.54, 1.807) is 20.8 Å². The third-order valence-electron chi connectivity index (χ3n) is 5.29. The Morgan fingerprint density at radius 3 is 2.33 bits per heavy atom. The molecule has 0 spiro atoms. The van der Waals surface area contributed by atoms with E-state index in [2.05, 4.69) is 5.32 Å². The number of amides is 3. The van der Waals surface area contributed by atoms with Crippen LogP contribution in [0.2, 0.25) is 0 Å². The standard InChI is InChI=1S/C19H25N3O5/c1-12(2)19(3,11-20)21-15(23)10-27-16(24)8-9-22-17(25)13-6-4-5-7-14(13)18(22)26/h4-5,12-14H,6-10H2,1-3H3,(H,21,23)/t13-,14+,19-/m0/s1. The van der Waals surface area contributed by atoms with Crippen molar-refractivity contribution in [2.24, 2.45) is 17.8 Å². The largest absolute Gasteiger partial charge is 0.456 e. The molecular weight excluding hydrogens is 350 g/mol. The predicted octanol–water partition coefficient (Wildman–Crippen LogP) is 0.925. The van der Waals surface area contributed by atoms with Gasteiger partial charge in [0.25, 0.3) is 5.91 Å². The fourth-order valence-corrected chi connectivity index (χ4v) is 3.14. The van der Waals surface area contributed by atoms with Gasteiger partial charge in [0.15, 0.2) is 6.61 Å². The Kier molecular flexibility index (Phi) is 6.37. The topological polar surface area (TPSA) is 117 Å². The summed E-state index contributed by atoms with van der Waals surface area (Å²) in [5.74, 6) is -2.53. The normalized spacial score (nSPS) is 23.6. The SMILES string of the molecule is CC(C)[C@](C)(C#N)NC(=O)COC(=O)CCN1C(=O)[C@H]2CC=CC[C@H]2C1=O. The van der Waals surface area contributed by atoms with Gasteiger partial charge in [-0.15, -0.1) is 0 Å². The Morgan fingerprint density at radius 1 is 1.30 bits per heavy atom. The number of imide groups is 1. The molecule has 146 valence electrons. The molecule has 0 radical (unpaired) electrons. The molecule has 2 aliphatic rings.